The molecule has 0 aliphatic heterocycles. The van der Waals surface area contributed by atoms with Gasteiger partial charge in [-0.25, -0.2) is 4.39 Å². The molecule has 0 saturated heterocycles. The Hall–Kier alpha value is -0.740. The van der Waals surface area contributed by atoms with Gasteiger partial charge in [-0.15, -0.1) is 0 Å². The number of halogens is 1. The lowest BCUT2D eigenvalue weighted by atomic mass is 10.1. The first-order valence-corrected chi connectivity index (χ1v) is 6.10. The maximum atomic E-state index is 12.6. The van der Waals surface area contributed by atoms with Crippen molar-refractivity contribution in [3.05, 3.63) is 30.1 Å². The molecule has 0 spiro atoms. The fourth-order valence-electron chi connectivity index (χ4n) is 1.32. The van der Waals surface area contributed by atoms with Gasteiger partial charge < -0.3 is 10.5 Å². The molecule has 1 aromatic rings. The van der Waals surface area contributed by atoms with Gasteiger partial charge in [0.05, 0.1) is 6.61 Å². The van der Waals surface area contributed by atoms with Crippen molar-refractivity contribution in [1.82, 2.24) is 0 Å². The number of thiol groups is 1. The molecule has 0 fully saturated rings. The van der Waals surface area contributed by atoms with Gasteiger partial charge in [-0.1, -0.05) is 0 Å². The Morgan fingerprint density at radius 3 is 2.56 bits per heavy atom. The molecule has 0 aliphatic carbocycles. The van der Waals surface area contributed by atoms with Crippen LogP contribution in [0.4, 0.5) is 4.39 Å². The fraction of sp³-hybridized carbons (Fsp3) is 0.500. The van der Waals surface area contributed by atoms with Crippen molar-refractivity contribution in [2.75, 3.05) is 12.4 Å². The topological polar surface area (TPSA) is 35.2 Å². The Kier molecular flexibility index (Phi) is 6.26. The van der Waals surface area contributed by atoms with Crippen LogP contribution in [0.5, 0.6) is 5.75 Å². The van der Waals surface area contributed by atoms with E-state index >= 15 is 0 Å². The fourth-order valence-corrected chi connectivity index (χ4v) is 1.50. The number of rotatable bonds is 7. The Morgan fingerprint density at radius 1 is 1.25 bits per heavy atom. The first kappa shape index (κ1) is 13.3. The van der Waals surface area contributed by atoms with Crippen molar-refractivity contribution >= 4 is 12.6 Å². The molecule has 0 saturated carbocycles. The zero-order valence-electron chi connectivity index (χ0n) is 9.23. The van der Waals surface area contributed by atoms with Crippen LogP contribution in [-0.4, -0.2) is 18.4 Å². The van der Waals surface area contributed by atoms with Gasteiger partial charge in [0.15, 0.2) is 0 Å². The van der Waals surface area contributed by atoms with Crippen LogP contribution >= 0.6 is 12.6 Å². The molecule has 4 heteroatoms. The van der Waals surface area contributed by atoms with Crippen LogP contribution in [0.15, 0.2) is 24.3 Å². The highest BCUT2D eigenvalue weighted by atomic mass is 32.1. The molecule has 0 unspecified atom stereocenters. The second kappa shape index (κ2) is 7.52. The number of nitrogens with two attached hydrogens (primary N) is 1. The summed E-state index contributed by atoms with van der Waals surface area (Å²) in [7, 11) is 0. The molecule has 1 atom stereocenters. The molecule has 2 N–H and O–H groups in total. The summed E-state index contributed by atoms with van der Waals surface area (Å²) >= 11 is 4.12. The first-order chi connectivity index (χ1) is 7.72. The van der Waals surface area contributed by atoms with Gasteiger partial charge in [0, 0.05) is 11.8 Å². The number of hydrogen-bond acceptors (Lipinski definition) is 3. The van der Waals surface area contributed by atoms with E-state index in [9.17, 15) is 4.39 Å². The van der Waals surface area contributed by atoms with Gasteiger partial charge in [-0.3, -0.25) is 0 Å². The smallest absolute Gasteiger partial charge is 0.123 e. The van der Waals surface area contributed by atoms with Crippen LogP contribution in [0, 0.1) is 5.82 Å². The summed E-state index contributed by atoms with van der Waals surface area (Å²) in [4.78, 5) is 0. The van der Waals surface area contributed by atoms with Crippen molar-refractivity contribution in [1.29, 1.82) is 0 Å². The zero-order valence-corrected chi connectivity index (χ0v) is 10.1. The molecule has 0 bridgehead atoms. The van der Waals surface area contributed by atoms with Crippen LogP contribution in [0.25, 0.3) is 0 Å². The molecular formula is C12H18FNOS. The molecule has 2 nitrogen and oxygen atoms in total. The van der Waals surface area contributed by atoms with Crippen molar-refractivity contribution < 1.29 is 9.13 Å². The monoisotopic (exact) mass is 243 g/mol. The summed E-state index contributed by atoms with van der Waals surface area (Å²) in [6, 6.07) is 6.23. The second-order valence-electron chi connectivity index (χ2n) is 3.74. The quantitative estimate of drug-likeness (QED) is 0.570. The lowest BCUT2D eigenvalue weighted by Gasteiger charge is -2.08. The number of ether oxygens (including phenoxy) is 1. The average Bonchev–Trinajstić information content (AvgIpc) is 2.31. The van der Waals surface area contributed by atoms with Crippen molar-refractivity contribution in [3.63, 3.8) is 0 Å². The largest absolute Gasteiger partial charge is 0.494 e. The second-order valence-corrected chi connectivity index (χ2v) is 4.11. The minimum atomic E-state index is -0.243. The lowest BCUT2D eigenvalue weighted by Crippen LogP contribution is -2.21. The zero-order chi connectivity index (χ0) is 11.8. The predicted molar refractivity (Wildman–Crippen MR) is 67.6 cm³/mol. The van der Waals surface area contributed by atoms with Crippen LogP contribution in [0.1, 0.15) is 19.3 Å². The van der Waals surface area contributed by atoms with Crippen molar-refractivity contribution in [2.24, 2.45) is 5.73 Å². The third kappa shape index (κ3) is 5.37. The minimum absolute atomic E-state index is 0.175. The Bertz CT molecular complexity index is 292. The van der Waals surface area contributed by atoms with Gasteiger partial charge in [0.25, 0.3) is 0 Å². The van der Waals surface area contributed by atoms with E-state index in [1.807, 2.05) is 0 Å². The molecule has 0 heterocycles. The van der Waals surface area contributed by atoms with Gasteiger partial charge in [-0.2, -0.15) is 12.6 Å². The highest BCUT2D eigenvalue weighted by Crippen LogP contribution is 2.11. The molecule has 90 valence electrons. The van der Waals surface area contributed by atoms with E-state index in [0.717, 1.165) is 25.0 Å². The van der Waals surface area contributed by atoms with E-state index in [0.29, 0.717) is 12.4 Å². The standard InChI is InChI=1S/C12H18FNOS/c13-10-4-6-12(7-5-10)15-8-2-1-3-11(14)9-16/h4-7,11,16H,1-3,8-9,14H2/t11-/m1/s1. The Morgan fingerprint density at radius 2 is 1.94 bits per heavy atom. The van der Waals surface area contributed by atoms with E-state index < -0.39 is 0 Å². The summed E-state index contributed by atoms with van der Waals surface area (Å²) in [5.41, 5.74) is 5.72. The third-order valence-electron chi connectivity index (χ3n) is 2.29. The van der Waals surface area contributed by atoms with E-state index in [-0.39, 0.29) is 11.9 Å². The number of hydrogen-bond donors (Lipinski definition) is 2. The summed E-state index contributed by atoms with van der Waals surface area (Å²) in [6.07, 6.45) is 2.96. The van der Waals surface area contributed by atoms with Gasteiger partial charge >= 0.3 is 0 Å². The van der Waals surface area contributed by atoms with E-state index in [4.69, 9.17) is 10.5 Å². The summed E-state index contributed by atoms with van der Waals surface area (Å²) < 4.78 is 18.0. The van der Waals surface area contributed by atoms with Crippen molar-refractivity contribution in [3.8, 4) is 5.75 Å². The molecule has 0 aliphatic rings. The molecule has 16 heavy (non-hydrogen) atoms. The van der Waals surface area contributed by atoms with Gasteiger partial charge in [0.1, 0.15) is 11.6 Å². The van der Waals surface area contributed by atoms with Gasteiger partial charge in [-0.05, 0) is 43.5 Å². The maximum absolute atomic E-state index is 12.6. The molecule has 0 amide bonds. The van der Waals surface area contributed by atoms with E-state index in [2.05, 4.69) is 12.6 Å². The first-order valence-electron chi connectivity index (χ1n) is 5.47. The van der Waals surface area contributed by atoms with E-state index in [1.54, 1.807) is 12.1 Å². The highest BCUT2D eigenvalue weighted by molar-refractivity contribution is 7.80. The lowest BCUT2D eigenvalue weighted by molar-refractivity contribution is 0.303. The summed E-state index contributed by atoms with van der Waals surface area (Å²) in [5, 5.41) is 0. The Balaban J connectivity index is 2.09. The van der Waals surface area contributed by atoms with Gasteiger partial charge in [0.2, 0.25) is 0 Å². The molecular weight excluding hydrogens is 225 g/mol. The number of benzene rings is 1. The Labute approximate surface area is 101 Å². The normalized spacial score (nSPS) is 12.4. The maximum Gasteiger partial charge on any atom is 0.123 e. The highest BCUT2D eigenvalue weighted by Gasteiger charge is 1.99. The van der Waals surface area contributed by atoms with Crippen molar-refractivity contribution in [2.45, 2.75) is 25.3 Å². The molecule has 1 aromatic carbocycles. The van der Waals surface area contributed by atoms with Crippen LogP contribution in [-0.2, 0) is 0 Å². The summed E-state index contributed by atoms with van der Waals surface area (Å²) in [6.45, 7) is 0.644. The summed E-state index contributed by atoms with van der Waals surface area (Å²) in [5.74, 6) is 1.19. The predicted octanol–water partition coefficient (Wildman–Crippen LogP) is 2.63. The van der Waals surface area contributed by atoms with E-state index in [1.165, 1.54) is 12.1 Å². The number of unbranched alkanes of at least 4 members (excludes halogenated alkanes) is 1. The SMILES string of the molecule is N[C@@H](CS)CCCCOc1ccc(F)cc1. The average molecular weight is 243 g/mol. The van der Waals surface area contributed by atoms with Crippen LogP contribution < -0.4 is 10.5 Å². The van der Waals surface area contributed by atoms with Crippen LogP contribution in [0.3, 0.4) is 0 Å². The minimum Gasteiger partial charge on any atom is -0.494 e. The van der Waals surface area contributed by atoms with Crippen LogP contribution in [0.2, 0.25) is 0 Å². The third-order valence-corrected chi connectivity index (χ3v) is 2.76. The molecule has 1 rings (SSSR count). The molecule has 0 radical (unpaired) electrons. The molecule has 0 aromatic heterocycles.